The fraction of sp³-hybridized carbons (Fsp3) is 0.417. The van der Waals surface area contributed by atoms with Crippen molar-refractivity contribution in [3.63, 3.8) is 0 Å². The van der Waals surface area contributed by atoms with E-state index < -0.39 is 0 Å². The highest BCUT2D eigenvalue weighted by Gasteiger charge is 2.06. The Morgan fingerprint density at radius 3 is 2.27 bits per heavy atom. The third-order valence-electron chi connectivity index (χ3n) is 2.23. The number of hydrogen-bond donors (Lipinski definition) is 0. The smallest absolute Gasteiger partial charge is 0.293 e. The molecule has 0 aliphatic heterocycles. The van der Waals surface area contributed by atoms with Crippen molar-refractivity contribution in [1.82, 2.24) is 0 Å². The molecule has 0 saturated carbocycles. The Labute approximate surface area is 99.4 Å². The summed E-state index contributed by atoms with van der Waals surface area (Å²) in [4.78, 5) is 12.5. The van der Waals surface area contributed by atoms with Crippen molar-refractivity contribution >= 4 is 26.4 Å². The van der Waals surface area contributed by atoms with Crippen LogP contribution in [0.5, 0.6) is 0 Å². The zero-order valence-electron chi connectivity index (χ0n) is 9.33. The first-order chi connectivity index (χ1) is 7.00. The van der Waals surface area contributed by atoms with E-state index in [0.29, 0.717) is 5.92 Å². The van der Waals surface area contributed by atoms with Crippen LogP contribution in [0.4, 0.5) is 10.5 Å². The van der Waals surface area contributed by atoms with Crippen LogP contribution in [0, 0.1) is 5.92 Å². The van der Waals surface area contributed by atoms with Gasteiger partial charge in [0.1, 0.15) is 0 Å². The Balaban J connectivity index is 2.76. The van der Waals surface area contributed by atoms with Gasteiger partial charge in [-0.1, -0.05) is 26.0 Å². The average Bonchev–Trinajstić information content (AvgIpc) is 2.17. The van der Waals surface area contributed by atoms with Crippen molar-refractivity contribution in [2.75, 3.05) is 11.9 Å². The molecule has 82 valence electrons. The number of halogens is 1. The van der Waals surface area contributed by atoms with Gasteiger partial charge in [-0.25, -0.2) is 0 Å². The Morgan fingerprint density at radius 2 is 1.87 bits per heavy atom. The predicted molar refractivity (Wildman–Crippen MR) is 67.7 cm³/mol. The van der Waals surface area contributed by atoms with Crippen molar-refractivity contribution < 1.29 is 4.79 Å². The standard InChI is InChI=1S/C12H16BrNO/c1-9(2)8-10-4-6-11(7-5-10)14(3)12(13)15/h4-7,9H,8H2,1-3H3. The molecule has 0 unspecified atom stereocenters. The number of rotatable bonds is 3. The van der Waals surface area contributed by atoms with Crippen LogP contribution in [0.2, 0.25) is 0 Å². The van der Waals surface area contributed by atoms with Gasteiger partial charge in [-0.3, -0.25) is 4.79 Å². The van der Waals surface area contributed by atoms with E-state index in [0.717, 1.165) is 12.1 Å². The highest BCUT2D eigenvalue weighted by atomic mass is 79.9. The monoisotopic (exact) mass is 269 g/mol. The van der Waals surface area contributed by atoms with Gasteiger partial charge in [0.15, 0.2) is 0 Å². The molecule has 1 aromatic carbocycles. The van der Waals surface area contributed by atoms with E-state index in [9.17, 15) is 4.79 Å². The Hall–Kier alpha value is -0.830. The zero-order chi connectivity index (χ0) is 11.4. The van der Waals surface area contributed by atoms with Gasteiger partial charge < -0.3 is 4.90 Å². The molecule has 3 heteroatoms. The number of anilines is 1. The number of carbonyl (C=O) groups excluding carboxylic acids is 1. The maximum Gasteiger partial charge on any atom is 0.293 e. The fourth-order valence-electron chi connectivity index (χ4n) is 1.43. The van der Waals surface area contributed by atoms with Crippen LogP contribution >= 0.6 is 15.9 Å². The molecule has 0 aliphatic carbocycles. The molecule has 0 fully saturated rings. The molecular weight excluding hydrogens is 254 g/mol. The van der Waals surface area contributed by atoms with E-state index in [1.54, 1.807) is 11.9 Å². The van der Waals surface area contributed by atoms with Crippen LogP contribution in [-0.2, 0) is 6.42 Å². The minimum atomic E-state index is -0.126. The molecule has 0 spiro atoms. The van der Waals surface area contributed by atoms with Crippen LogP contribution in [0.15, 0.2) is 24.3 Å². The molecule has 1 aromatic rings. The lowest BCUT2D eigenvalue weighted by Gasteiger charge is -2.14. The Bertz CT molecular complexity index is 332. The van der Waals surface area contributed by atoms with Crippen molar-refractivity contribution in [1.29, 1.82) is 0 Å². The second-order valence-electron chi connectivity index (χ2n) is 4.08. The average molecular weight is 270 g/mol. The van der Waals surface area contributed by atoms with Gasteiger partial charge in [0.25, 0.3) is 4.82 Å². The van der Waals surface area contributed by atoms with E-state index in [1.165, 1.54) is 5.56 Å². The van der Waals surface area contributed by atoms with E-state index in [4.69, 9.17) is 0 Å². The highest BCUT2D eigenvalue weighted by molar-refractivity contribution is 9.18. The highest BCUT2D eigenvalue weighted by Crippen LogP contribution is 2.17. The van der Waals surface area contributed by atoms with Crippen LogP contribution in [0.1, 0.15) is 19.4 Å². The summed E-state index contributed by atoms with van der Waals surface area (Å²) in [6.45, 7) is 4.39. The molecule has 0 bridgehead atoms. The topological polar surface area (TPSA) is 20.3 Å². The minimum Gasteiger partial charge on any atom is -0.306 e. The lowest BCUT2D eigenvalue weighted by atomic mass is 10.0. The third-order valence-corrected chi connectivity index (χ3v) is 2.76. The zero-order valence-corrected chi connectivity index (χ0v) is 10.9. The van der Waals surface area contributed by atoms with Crippen molar-refractivity contribution in [2.24, 2.45) is 5.92 Å². The summed E-state index contributed by atoms with van der Waals surface area (Å²) < 4.78 is 0. The largest absolute Gasteiger partial charge is 0.306 e. The van der Waals surface area contributed by atoms with Gasteiger partial charge in [-0.05, 0) is 30.0 Å². The summed E-state index contributed by atoms with van der Waals surface area (Å²) in [7, 11) is 1.74. The first kappa shape index (κ1) is 12.2. The minimum absolute atomic E-state index is 0.126. The van der Waals surface area contributed by atoms with Crippen LogP contribution in [-0.4, -0.2) is 11.9 Å². The molecule has 0 atom stereocenters. The predicted octanol–water partition coefficient (Wildman–Crippen LogP) is 3.84. The molecular formula is C12H16BrNO. The van der Waals surface area contributed by atoms with E-state index in [-0.39, 0.29) is 4.82 Å². The summed E-state index contributed by atoms with van der Waals surface area (Å²) in [5.41, 5.74) is 2.22. The Kier molecular flexibility index (Phi) is 4.33. The first-order valence-electron chi connectivity index (χ1n) is 5.03. The number of carbonyl (C=O) groups is 1. The summed E-state index contributed by atoms with van der Waals surface area (Å²) in [5.74, 6) is 0.659. The number of hydrogen-bond acceptors (Lipinski definition) is 1. The van der Waals surface area contributed by atoms with Crippen LogP contribution in [0.25, 0.3) is 0 Å². The summed E-state index contributed by atoms with van der Waals surface area (Å²) in [5, 5.41) is 0. The number of benzene rings is 1. The van der Waals surface area contributed by atoms with Crippen molar-refractivity contribution in [2.45, 2.75) is 20.3 Å². The SMILES string of the molecule is CC(C)Cc1ccc(N(C)C(=O)Br)cc1. The lowest BCUT2D eigenvalue weighted by Crippen LogP contribution is -2.18. The van der Waals surface area contributed by atoms with E-state index >= 15 is 0 Å². The molecule has 0 aromatic heterocycles. The number of amides is 1. The Morgan fingerprint density at radius 1 is 1.33 bits per heavy atom. The van der Waals surface area contributed by atoms with Crippen molar-refractivity contribution in [3.05, 3.63) is 29.8 Å². The summed E-state index contributed by atoms with van der Waals surface area (Å²) in [6, 6.07) is 8.08. The molecule has 0 aliphatic rings. The third kappa shape index (κ3) is 3.67. The second kappa shape index (κ2) is 5.31. The number of nitrogens with zero attached hydrogens (tertiary/aromatic N) is 1. The van der Waals surface area contributed by atoms with Gasteiger partial charge in [0.05, 0.1) is 0 Å². The maximum absolute atomic E-state index is 11.0. The molecule has 15 heavy (non-hydrogen) atoms. The van der Waals surface area contributed by atoms with Crippen molar-refractivity contribution in [3.8, 4) is 0 Å². The molecule has 1 amide bonds. The summed E-state index contributed by atoms with van der Waals surface area (Å²) >= 11 is 2.92. The molecule has 0 saturated heterocycles. The normalized spacial score (nSPS) is 10.5. The van der Waals surface area contributed by atoms with Gasteiger partial charge in [0, 0.05) is 28.7 Å². The molecule has 0 heterocycles. The quantitative estimate of drug-likeness (QED) is 0.603. The molecule has 0 N–H and O–H groups in total. The van der Waals surface area contributed by atoms with Gasteiger partial charge in [-0.2, -0.15) is 0 Å². The van der Waals surface area contributed by atoms with E-state index in [2.05, 4.69) is 41.9 Å². The summed E-state index contributed by atoms with van der Waals surface area (Å²) in [6.07, 6.45) is 1.08. The first-order valence-corrected chi connectivity index (χ1v) is 5.82. The maximum atomic E-state index is 11.0. The second-order valence-corrected chi connectivity index (χ2v) is 4.75. The van der Waals surface area contributed by atoms with E-state index in [1.807, 2.05) is 12.1 Å². The van der Waals surface area contributed by atoms with Gasteiger partial charge in [-0.15, -0.1) is 0 Å². The fourth-order valence-corrected chi connectivity index (χ4v) is 1.63. The molecule has 0 radical (unpaired) electrons. The van der Waals surface area contributed by atoms with Gasteiger partial charge in [0.2, 0.25) is 0 Å². The van der Waals surface area contributed by atoms with Gasteiger partial charge >= 0.3 is 0 Å². The van der Waals surface area contributed by atoms with Crippen LogP contribution in [0.3, 0.4) is 0 Å². The molecule has 1 rings (SSSR count). The lowest BCUT2D eigenvalue weighted by molar-refractivity contribution is 0.267. The van der Waals surface area contributed by atoms with Crippen LogP contribution < -0.4 is 4.90 Å². The molecule has 2 nitrogen and oxygen atoms in total.